The molecule has 0 aliphatic carbocycles. The lowest BCUT2D eigenvalue weighted by molar-refractivity contribution is 0.251. The summed E-state index contributed by atoms with van der Waals surface area (Å²) >= 11 is 7.02. The molecule has 0 atom stereocenters. The Kier molecular flexibility index (Phi) is 3.89. The van der Waals surface area contributed by atoms with Crippen molar-refractivity contribution in [3.8, 4) is 0 Å². The summed E-state index contributed by atoms with van der Waals surface area (Å²) in [6.45, 7) is 0.432. The molecular formula is C10H9ClN4OS. The van der Waals surface area contributed by atoms with Gasteiger partial charge in [0.1, 0.15) is 5.51 Å². The molecule has 2 rings (SSSR count). The predicted octanol–water partition coefficient (Wildman–Crippen LogP) is 2.51. The molecule has 0 saturated heterocycles. The number of carbonyl (C=O) groups is 1. The van der Waals surface area contributed by atoms with Crippen LogP contribution in [0.1, 0.15) is 5.56 Å². The van der Waals surface area contributed by atoms with Crippen molar-refractivity contribution in [2.24, 2.45) is 0 Å². The molecule has 1 aromatic heterocycles. The average molecular weight is 269 g/mol. The number of hydrogen-bond donors (Lipinski definition) is 2. The number of nitrogens with one attached hydrogen (secondary N) is 2. The predicted molar refractivity (Wildman–Crippen MR) is 67.2 cm³/mol. The van der Waals surface area contributed by atoms with Crippen molar-refractivity contribution in [3.63, 3.8) is 0 Å². The van der Waals surface area contributed by atoms with Gasteiger partial charge in [-0.3, -0.25) is 5.32 Å². The van der Waals surface area contributed by atoms with Gasteiger partial charge < -0.3 is 5.32 Å². The van der Waals surface area contributed by atoms with E-state index in [9.17, 15) is 4.79 Å². The maximum Gasteiger partial charge on any atom is 0.321 e. The molecule has 1 heterocycles. The zero-order valence-electron chi connectivity index (χ0n) is 8.68. The van der Waals surface area contributed by atoms with Gasteiger partial charge in [0, 0.05) is 11.6 Å². The number of amides is 2. The Morgan fingerprint density at radius 3 is 2.76 bits per heavy atom. The van der Waals surface area contributed by atoms with Crippen LogP contribution in [0.5, 0.6) is 0 Å². The second kappa shape index (κ2) is 5.60. The van der Waals surface area contributed by atoms with E-state index >= 15 is 0 Å². The molecule has 0 bridgehead atoms. The Morgan fingerprint density at radius 1 is 1.35 bits per heavy atom. The van der Waals surface area contributed by atoms with E-state index in [2.05, 4.69) is 20.8 Å². The molecule has 7 heteroatoms. The molecule has 2 aromatic rings. The van der Waals surface area contributed by atoms with Gasteiger partial charge in [0.2, 0.25) is 5.13 Å². The lowest BCUT2D eigenvalue weighted by atomic mass is 10.2. The number of halogens is 1. The second-order valence-electron chi connectivity index (χ2n) is 3.18. The highest BCUT2D eigenvalue weighted by Gasteiger charge is 2.03. The summed E-state index contributed by atoms with van der Waals surface area (Å²) in [6.07, 6.45) is 0. The summed E-state index contributed by atoms with van der Waals surface area (Å²) in [5, 5.41) is 13.7. The molecule has 88 valence electrons. The van der Waals surface area contributed by atoms with E-state index in [4.69, 9.17) is 11.6 Å². The van der Waals surface area contributed by atoms with E-state index in [-0.39, 0.29) is 6.03 Å². The minimum atomic E-state index is -0.309. The number of benzene rings is 1. The maximum atomic E-state index is 11.4. The molecule has 0 saturated carbocycles. The van der Waals surface area contributed by atoms with Crippen LogP contribution in [0.25, 0.3) is 0 Å². The smallest absolute Gasteiger partial charge is 0.321 e. The fourth-order valence-electron chi connectivity index (χ4n) is 1.15. The summed E-state index contributed by atoms with van der Waals surface area (Å²) in [7, 11) is 0. The number of hydrogen-bond acceptors (Lipinski definition) is 4. The van der Waals surface area contributed by atoms with Crippen LogP contribution in [-0.4, -0.2) is 16.2 Å². The van der Waals surface area contributed by atoms with Gasteiger partial charge >= 0.3 is 6.03 Å². The van der Waals surface area contributed by atoms with Crippen LogP contribution in [0, 0.1) is 0 Å². The van der Waals surface area contributed by atoms with Gasteiger partial charge in [-0.05, 0) is 17.7 Å². The number of aromatic nitrogens is 2. The van der Waals surface area contributed by atoms with Gasteiger partial charge in [-0.2, -0.15) is 0 Å². The average Bonchev–Trinajstić information content (AvgIpc) is 2.81. The Morgan fingerprint density at radius 2 is 2.12 bits per heavy atom. The number of carbonyl (C=O) groups excluding carboxylic acids is 1. The highest BCUT2D eigenvalue weighted by Crippen LogP contribution is 2.10. The molecule has 0 radical (unpaired) electrons. The topological polar surface area (TPSA) is 66.9 Å². The maximum absolute atomic E-state index is 11.4. The standard InChI is InChI=1S/C10H9ClN4OS/c11-8-3-1-7(2-4-8)5-12-9(16)14-10-15-13-6-17-10/h1-4,6H,5H2,(H2,12,14,15,16). The highest BCUT2D eigenvalue weighted by atomic mass is 35.5. The van der Waals surface area contributed by atoms with Crippen molar-refractivity contribution in [2.75, 3.05) is 5.32 Å². The molecule has 0 fully saturated rings. The fourth-order valence-corrected chi connectivity index (χ4v) is 1.72. The van der Waals surface area contributed by atoms with Gasteiger partial charge in [-0.15, -0.1) is 10.2 Å². The van der Waals surface area contributed by atoms with Crippen molar-refractivity contribution in [3.05, 3.63) is 40.4 Å². The summed E-state index contributed by atoms with van der Waals surface area (Å²) in [4.78, 5) is 11.4. The van der Waals surface area contributed by atoms with E-state index in [1.54, 1.807) is 17.6 Å². The molecule has 0 aliphatic heterocycles. The Labute approximate surface area is 107 Å². The Bertz CT molecular complexity index is 486. The van der Waals surface area contributed by atoms with Crippen LogP contribution < -0.4 is 10.6 Å². The molecule has 0 unspecified atom stereocenters. The molecule has 0 spiro atoms. The van der Waals surface area contributed by atoms with Crippen LogP contribution >= 0.6 is 22.9 Å². The molecule has 0 aliphatic rings. The minimum Gasteiger partial charge on any atom is -0.334 e. The lowest BCUT2D eigenvalue weighted by Crippen LogP contribution is -2.28. The molecule has 2 amide bonds. The number of nitrogens with zero attached hydrogens (tertiary/aromatic N) is 2. The summed E-state index contributed by atoms with van der Waals surface area (Å²) in [5.74, 6) is 0. The SMILES string of the molecule is O=C(NCc1ccc(Cl)cc1)Nc1nncs1. The quantitative estimate of drug-likeness (QED) is 0.899. The van der Waals surface area contributed by atoms with Crippen LogP contribution in [-0.2, 0) is 6.54 Å². The first-order chi connectivity index (χ1) is 8.24. The molecule has 5 nitrogen and oxygen atoms in total. The third-order valence-corrected chi connectivity index (χ3v) is 2.81. The minimum absolute atomic E-state index is 0.309. The van der Waals surface area contributed by atoms with Crippen molar-refractivity contribution in [1.29, 1.82) is 0 Å². The number of urea groups is 1. The van der Waals surface area contributed by atoms with E-state index in [1.807, 2.05) is 12.1 Å². The Hall–Kier alpha value is -1.66. The van der Waals surface area contributed by atoms with Crippen LogP contribution in [0.3, 0.4) is 0 Å². The normalized spacial score (nSPS) is 9.94. The number of rotatable bonds is 3. The molecule has 1 aromatic carbocycles. The van der Waals surface area contributed by atoms with Crippen LogP contribution in [0.15, 0.2) is 29.8 Å². The second-order valence-corrected chi connectivity index (χ2v) is 4.45. The van der Waals surface area contributed by atoms with Gasteiger partial charge in [-0.1, -0.05) is 35.1 Å². The van der Waals surface area contributed by atoms with Crippen LogP contribution in [0.2, 0.25) is 5.02 Å². The summed E-state index contributed by atoms with van der Waals surface area (Å²) in [6, 6.07) is 6.96. The lowest BCUT2D eigenvalue weighted by Gasteiger charge is -2.05. The molecular weight excluding hydrogens is 260 g/mol. The summed E-state index contributed by atoms with van der Waals surface area (Å²) < 4.78 is 0. The highest BCUT2D eigenvalue weighted by molar-refractivity contribution is 7.13. The van der Waals surface area contributed by atoms with Crippen molar-refractivity contribution in [1.82, 2.24) is 15.5 Å². The first kappa shape index (κ1) is 11.8. The van der Waals surface area contributed by atoms with Gasteiger partial charge in [0.05, 0.1) is 0 Å². The third-order valence-electron chi connectivity index (χ3n) is 1.95. The zero-order chi connectivity index (χ0) is 12.1. The number of anilines is 1. The van der Waals surface area contributed by atoms with Crippen molar-refractivity contribution >= 4 is 34.1 Å². The third kappa shape index (κ3) is 3.69. The largest absolute Gasteiger partial charge is 0.334 e. The van der Waals surface area contributed by atoms with Gasteiger partial charge in [0.25, 0.3) is 0 Å². The Balaban J connectivity index is 1.82. The zero-order valence-corrected chi connectivity index (χ0v) is 10.3. The summed E-state index contributed by atoms with van der Waals surface area (Å²) in [5.41, 5.74) is 2.52. The van der Waals surface area contributed by atoms with E-state index in [0.29, 0.717) is 16.7 Å². The van der Waals surface area contributed by atoms with E-state index in [0.717, 1.165) is 5.56 Å². The van der Waals surface area contributed by atoms with E-state index in [1.165, 1.54) is 11.3 Å². The molecule has 17 heavy (non-hydrogen) atoms. The van der Waals surface area contributed by atoms with Crippen LogP contribution in [0.4, 0.5) is 9.93 Å². The fraction of sp³-hybridized carbons (Fsp3) is 0.100. The van der Waals surface area contributed by atoms with Crippen molar-refractivity contribution < 1.29 is 4.79 Å². The van der Waals surface area contributed by atoms with Gasteiger partial charge in [0.15, 0.2) is 0 Å². The molecule has 2 N–H and O–H groups in total. The first-order valence-corrected chi connectivity index (χ1v) is 6.05. The van der Waals surface area contributed by atoms with Gasteiger partial charge in [-0.25, -0.2) is 4.79 Å². The van der Waals surface area contributed by atoms with E-state index < -0.39 is 0 Å². The van der Waals surface area contributed by atoms with Crippen molar-refractivity contribution in [2.45, 2.75) is 6.54 Å². The monoisotopic (exact) mass is 268 g/mol. The first-order valence-electron chi connectivity index (χ1n) is 4.79.